The van der Waals surface area contributed by atoms with Crippen molar-refractivity contribution < 1.29 is 44.3 Å². The third-order valence-corrected chi connectivity index (χ3v) is 4.23. The topological polar surface area (TPSA) is 188 Å². The second kappa shape index (κ2) is 17.1. The van der Waals surface area contributed by atoms with E-state index in [0.717, 1.165) is 42.4 Å². The second-order valence-corrected chi connectivity index (χ2v) is 7.28. The molecule has 1 atom stereocenters. The van der Waals surface area contributed by atoms with Crippen molar-refractivity contribution in [2.24, 2.45) is 5.73 Å². The molecule has 0 spiro atoms. The molecule has 1 aliphatic rings. The van der Waals surface area contributed by atoms with Gasteiger partial charge in [-0.25, -0.2) is 19.2 Å². The lowest BCUT2D eigenvalue weighted by atomic mass is 10.1. The molecule has 6 N–H and O–H groups in total. The van der Waals surface area contributed by atoms with Gasteiger partial charge in [0, 0.05) is 54.0 Å². The average molecular weight is 501 g/mol. The first-order chi connectivity index (χ1) is 15.9. The van der Waals surface area contributed by atoms with Crippen molar-refractivity contribution in [1.82, 2.24) is 4.90 Å². The van der Waals surface area contributed by atoms with Crippen molar-refractivity contribution in [2.45, 2.75) is 32.4 Å². The number of carbonyl (C=O) groups is 4. The molecule has 1 aromatic rings. The Bertz CT molecular complexity index is 821. The fourth-order valence-electron chi connectivity index (χ4n) is 2.73. The van der Waals surface area contributed by atoms with Gasteiger partial charge in [0.15, 0.2) is 0 Å². The molecule has 0 saturated carbocycles. The Morgan fingerprint density at radius 2 is 1.53 bits per heavy atom. The van der Waals surface area contributed by atoms with Gasteiger partial charge in [0.2, 0.25) is 0 Å². The number of nitrogens with zero attached hydrogens (tertiary/aromatic N) is 1. The van der Waals surface area contributed by atoms with Crippen LogP contribution < -0.4 is 10.5 Å². The second-order valence-electron chi connectivity index (χ2n) is 6.84. The van der Waals surface area contributed by atoms with Crippen molar-refractivity contribution in [3.63, 3.8) is 0 Å². The maximum atomic E-state index is 9.55. The van der Waals surface area contributed by atoms with Crippen LogP contribution in [-0.4, -0.2) is 74.9 Å². The molecule has 0 aliphatic carbocycles. The van der Waals surface area contributed by atoms with Crippen LogP contribution in [0.1, 0.15) is 25.3 Å². The molecule has 0 unspecified atom stereocenters. The highest BCUT2D eigenvalue weighted by Crippen LogP contribution is 2.25. The summed E-state index contributed by atoms with van der Waals surface area (Å²) in [6.07, 6.45) is 4.53. The predicted molar refractivity (Wildman–Crippen MR) is 124 cm³/mol. The molecule has 11 nitrogen and oxygen atoms in total. The lowest BCUT2D eigenvalue weighted by molar-refractivity contribution is -0.134. The van der Waals surface area contributed by atoms with Gasteiger partial charge in [-0.3, -0.25) is 4.90 Å². The van der Waals surface area contributed by atoms with Gasteiger partial charge in [0.25, 0.3) is 0 Å². The fourth-order valence-corrected chi connectivity index (χ4v) is 2.92. The highest BCUT2D eigenvalue weighted by atomic mass is 35.5. The zero-order valence-electron chi connectivity index (χ0n) is 18.6. The molecule has 0 radical (unpaired) electrons. The molecule has 1 aliphatic heterocycles. The SMILES string of the molecule is CCOc1ccc(Cl)cc1CN1CCC[C@H](N)C1.O=C(O)/C=C/C(=O)O.O=C(O)/C=C/C(=O)O. The van der Waals surface area contributed by atoms with Crippen molar-refractivity contribution in [3.05, 3.63) is 53.1 Å². The van der Waals surface area contributed by atoms with E-state index in [2.05, 4.69) is 4.90 Å². The molecular weight excluding hydrogens is 472 g/mol. The predicted octanol–water partition coefficient (Wildman–Crippen LogP) is 2.09. The number of piperidine rings is 1. The first kappa shape index (κ1) is 30.6. The lowest BCUT2D eigenvalue weighted by Gasteiger charge is -2.31. The summed E-state index contributed by atoms with van der Waals surface area (Å²) in [7, 11) is 0. The molecule has 34 heavy (non-hydrogen) atoms. The standard InChI is InChI=1S/C14H21ClN2O.2C4H4O4/c1-2-18-14-6-5-12(15)8-11(14)9-17-7-3-4-13(16)10-17;2*5-3(6)1-2-4(7)8/h5-6,8,13H,2-4,7,9-10,16H2,1H3;2*1-2H,(H,5,6)(H,7,8)/b;2*2-1+/t13-;;/m0../s1. The van der Waals surface area contributed by atoms with Crippen molar-refractivity contribution in [1.29, 1.82) is 0 Å². The summed E-state index contributed by atoms with van der Waals surface area (Å²) in [4.78, 5) is 40.6. The normalized spacial score (nSPS) is 15.6. The summed E-state index contributed by atoms with van der Waals surface area (Å²) in [6.45, 7) is 5.59. The van der Waals surface area contributed by atoms with E-state index >= 15 is 0 Å². The molecule has 0 aromatic heterocycles. The molecule has 0 bridgehead atoms. The Balaban J connectivity index is 0.000000570. The third-order valence-electron chi connectivity index (χ3n) is 4.00. The number of carboxylic acid groups (broad SMARTS) is 4. The third kappa shape index (κ3) is 16.3. The maximum absolute atomic E-state index is 9.55. The van der Waals surface area contributed by atoms with Crippen LogP contribution in [0.2, 0.25) is 5.02 Å². The number of rotatable bonds is 8. The maximum Gasteiger partial charge on any atom is 0.328 e. The van der Waals surface area contributed by atoms with Gasteiger partial charge in [0.1, 0.15) is 5.75 Å². The van der Waals surface area contributed by atoms with Crippen LogP contribution in [0, 0.1) is 0 Å². The number of carboxylic acids is 4. The summed E-state index contributed by atoms with van der Waals surface area (Å²) in [5, 5.41) is 32.0. The van der Waals surface area contributed by atoms with Crippen molar-refractivity contribution >= 4 is 35.5 Å². The summed E-state index contributed by atoms with van der Waals surface area (Å²) >= 11 is 6.06. The van der Waals surface area contributed by atoms with Crippen molar-refractivity contribution in [2.75, 3.05) is 19.7 Å². The Morgan fingerprint density at radius 3 is 1.94 bits per heavy atom. The first-order valence-corrected chi connectivity index (χ1v) is 10.5. The van der Waals surface area contributed by atoms with Crippen LogP contribution in [0.5, 0.6) is 5.75 Å². The highest BCUT2D eigenvalue weighted by Gasteiger charge is 2.18. The summed E-state index contributed by atoms with van der Waals surface area (Å²) < 4.78 is 5.64. The van der Waals surface area contributed by atoms with Crippen molar-refractivity contribution in [3.8, 4) is 5.75 Å². The van der Waals surface area contributed by atoms with Crippen LogP contribution >= 0.6 is 11.6 Å². The minimum Gasteiger partial charge on any atom is -0.494 e. The van der Waals surface area contributed by atoms with E-state index in [1.54, 1.807) is 0 Å². The van der Waals surface area contributed by atoms with E-state index in [0.29, 0.717) is 37.0 Å². The number of halogens is 1. The Hall–Kier alpha value is -3.41. The van der Waals surface area contributed by atoms with Gasteiger partial charge in [0.05, 0.1) is 6.61 Å². The number of likely N-dealkylation sites (tertiary alicyclic amines) is 1. The minimum atomic E-state index is -1.26. The van der Waals surface area contributed by atoms with Gasteiger partial charge in [-0.05, 0) is 44.5 Å². The lowest BCUT2D eigenvalue weighted by Crippen LogP contribution is -2.42. The van der Waals surface area contributed by atoms with Gasteiger partial charge in [-0.15, -0.1) is 0 Å². The van der Waals surface area contributed by atoms with Crippen LogP contribution in [0.25, 0.3) is 0 Å². The number of hydrogen-bond donors (Lipinski definition) is 5. The van der Waals surface area contributed by atoms with Crippen LogP contribution in [0.15, 0.2) is 42.5 Å². The number of hydrogen-bond acceptors (Lipinski definition) is 7. The van der Waals surface area contributed by atoms with Gasteiger partial charge >= 0.3 is 23.9 Å². The molecule has 2 rings (SSSR count). The van der Waals surface area contributed by atoms with E-state index in [1.165, 1.54) is 6.42 Å². The highest BCUT2D eigenvalue weighted by molar-refractivity contribution is 6.30. The molecule has 0 amide bonds. The first-order valence-electron chi connectivity index (χ1n) is 10.1. The zero-order chi connectivity index (χ0) is 26.1. The quantitative estimate of drug-likeness (QED) is 0.328. The van der Waals surface area contributed by atoms with E-state index in [9.17, 15) is 19.2 Å². The summed E-state index contributed by atoms with van der Waals surface area (Å²) in [6, 6.07) is 6.11. The largest absolute Gasteiger partial charge is 0.494 e. The number of aliphatic carboxylic acids is 4. The minimum absolute atomic E-state index is 0.300. The smallest absolute Gasteiger partial charge is 0.328 e. The Labute approximate surface area is 201 Å². The molecule has 1 saturated heterocycles. The fraction of sp³-hybridized carbons (Fsp3) is 0.364. The Morgan fingerprint density at radius 1 is 1.03 bits per heavy atom. The molecular formula is C22H29ClN2O9. The Kier molecular flexibility index (Phi) is 15.4. The molecule has 1 heterocycles. The molecule has 1 aromatic carbocycles. The number of nitrogens with two attached hydrogens (primary N) is 1. The zero-order valence-corrected chi connectivity index (χ0v) is 19.3. The molecule has 188 valence electrons. The molecule has 1 fully saturated rings. The molecule has 12 heteroatoms. The van der Waals surface area contributed by atoms with E-state index in [4.69, 9.17) is 42.5 Å². The average Bonchev–Trinajstić information content (AvgIpc) is 2.74. The van der Waals surface area contributed by atoms with E-state index in [-0.39, 0.29) is 0 Å². The van der Waals surface area contributed by atoms with Crippen LogP contribution in [0.4, 0.5) is 0 Å². The van der Waals surface area contributed by atoms with E-state index in [1.807, 2.05) is 25.1 Å². The van der Waals surface area contributed by atoms with Gasteiger partial charge < -0.3 is 30.9 Å². The monoisotopic (exact) mass is 500 g/mol. The van der Waals surface area contributed by atoms with E-state index < -0.39 is 23.9 Å². The number of ether oxygens (including phenoxy) is 1. The van der Waals surface area contributed by atoms with Crippen LogP contribution in [-0.2, 0) is 25.7 Å². The van der Waals surface area contributed by atoms with Crippen LogP contribution in [0.3, 0.4) is 0 Å². The summed E-state index contributed by atoms with van der Waals surface area (Å²) in [5.41, 5.74) is 7.16. The van der Waals surface area contributed by atoms with Gasteiger partial charge in [-0.2, -0.15) is 0 Å². The van der Waals surface area contributed by atoms with Gasteiger partial charge in [-0.1, -0.05) is 11.6 Å². The number of benzene rings is 1. The summed E-state index contributed by atoms with van der Waals surface area (Å²) in [5.74, 6) is -4.10.